The van der Waals surface area contributed by atoms with Crippen LogP contribution in [0.5, 0.6) is 0 Å². The van der Waals surface area contributed by atoms with Crippen LogP contribution in [-0.2, 0) is 13.0 Å². The van der Waals surface area contributed by atoms with E-state index < -0.39 is 0 Å². The highest BCUT2D eigenvalue weighted by Gasteiger charge is 2.18. The lowest BCUT2D eigenvalue weighted by atomic mass is 9.91. The minimum Gasteiger partial charge on any atom is -0.398 e. The molecule has 0 bridgehead atoms. The van der Waals surface area contributed by atoms with Crippen molar-refractivity contribution in [1.82, 2.24) is 15.3 Å². The summed E-state index contributed by atoms with van der Waals surface area (Å²) >= 11 is 0. The molecule has 0 atom stereocenters. The van der Waals surface area contributed by atoms with E-state index in [1.807, 2.05) is 24.3 Å². The minimum absolute atomic E-state index is 0.125. The maximum Gasteiger partial charge on any atom is 0.0885 e. The van der Waals surface area contributed by atoms with Crippen LogP contribution < -0.4 is 16.8 Å². The molecule has 4 rings (SSSR count). The number of nitrogens with two attached hydrogens (primary N) is 2. The molecule has 1 aliphatic carbocycles. The molecule has 1 saturated carbocycles. The fourth-order valence-electron chi connectivity index (χ4n) is 4.27. The molecule has 3 aromatic rings. The van der Waals surface area contributed by atoms with Crippen molar-refractivity contribution in [1.29, 1.82) is 10.8 Å². The molecule has 0 unspecified atom stereocenters. The molecule has 1 aromatic heterocycles. The maximum atomic E-state index is 8.61. The fraction of sp³-hybridized carbons (Fsp3) is 0.308. The van der Waals surface area contributed by atoms with Gasteiger partial charge in [0.25, 0.3) is 0 Å². The normalized spacial score (nSPS) is 18.1. The Labute approximate surface area is 194 Å². The average Bonchev–Trinajstić information content (AvgIpc) is 2.84. The molecule has 33 heavy (non-hydrogen) atoms. The Balaban J connectivity index is 1.41. The van der Waals surface area contributed by atoms with Crippen molar-refractivity contribution in [2.45, 2.75) is 50.7 Å². The molecule has 2 aromatic carbocycles. The van der Waals surface area contributed by atoms with Crippen molar-refractivity contribution in [3.63, 3.8) is 0 Å². The highest BCUT2D eigenvalue weighted by molar-refractivity contribution is 6.47. The zero-order valence-electron chi connectivity index (χ0n) is 18.7. The van der Waals surface area contributed by atoms with Gasteiger partial charge in [-0.05, 0) is 48.9 Å². The SMILES string of the molecule is N=C(Cc1cccc(CNC2CCC(N)CC2)c1)C(=N)c1cc(-c2cnccn2)ccc1N. The van der Waals surface area contributed by atoms with Crippen molar-refractivity contribution in [2.24, 2.45) is 5.73 Å². The number of hydrogen-bond acceptors (Lipinski definition) is 7. The third-order valence-corrected chi connectivity index (χ3v) is 6.22. The van der Waals surface area contributed by atoms with Gasteiger partial charge in [-0.3, -0.25) is 15.4 Å². The standard InChI is InChI=1S/C26H31N7/c27-20-5-7-21(8-6-20)33-15-18-3-1-2-17(12-18)13-24(29)26(30)22-14-19(4-9-23(22)28)25-16-31-10-11-32-25/h1-4,9-12,14,16,20-21,29-30,33H,5-8,13,15,27-28H2. The molecule has 1 heterocycles. The number of anilines is 1. The molecule has 0 aliphatic heterocycles. The number of aromatic nitrogens is 2. The van der Waals surface area contributed by atoms with Gasteiger partial charge in [-0.15, -0.1) is 0 Å². The number of hydrogen-bond donors (Lipinski definition) is 5. The van der Waals surface area contributed by atoms with Gasteiger partial charge in [-0.25, -0.2) is 0 Å². The summed E-state index contributed by atoms with van der Waals surface area (Å²) in [5.74, 6) is 0. The lowest BCUT2D eigenvalue weighted by Gasteiger charge is -2.27. The van der Waals surface area contributed by atoms with Crippen LogP contribution in [0.15, 0.2) is 61.1 Å². The molecule has 7 heteroatoms. The summed E-state index contributed by atoms with van der Waals surface area (Å²) in [6, 6.07) is 14.5. The van der Waals surface area contributed by atoms with E-state index in [1.165, 1.54) is 5.56 Å². The Morgan fingerprint density at radius 2 is 1.79 bits per heavy atom. The second-order valence-corrected chi connectivity index (χ2v) is 8.74. The third kappa shape index (κ3) is 5.88. The van der Waals surface area contributed by atoms with Gasteiger partial charge in [0.1, 0.15) is 0 Å². The molecule has 170 valence electrons. The second-order valence-electron chi connectivity index (χ2n) is 8.74. The Kier molecular flexibility index (Phi) is 7.22. The molecule has 0 amide bonds. The largest absolute Gasteiger partial charge is 0.398 e. The zero-order valence-corrected chi connectivity index (χ0v) is 18.7. The summed E-state index contributed by atoms with van der Waals surface area (Å²) < 4.78 is 0. The molecule has 0 spiro atoms. The van der Waals surface area contributed by atoms with Gasteiger partial charge in [0, 0.05) is 54.3 Å². The first-order chi connectivity index (χ1) is 16.0. The topological polar surface area (TPSA) is 138 Å². The highest BCUT2D eigenvalue weighted by Crippen LogP contribution is 2.23. The van der Waals surface area contributed by atoms with E-state index in [2.05, 4.69) is 27.4 Å². The summed E-state index contributed by atoms with van der Waals surface area (Å²) in [7, 11) is 0. The first-order valence-electron chi connectivity index (χ1n) is 11.4. The monoisotopic (exact) mass is 441 g/mol. The first kappa shape index (κ1) is 22.8. The van der Waals surface area contributed by atoms with Gasteiger partial charge in [0.05, 0.1) is 23.3 Å². The molecule has 1 aliphatic rings. The van der Waals surface area contributed by atoms with E-state index in [0.29, 0.717) is 35.4 Å². The van der Waals surface area contributed by atoms with Gasteiger partial charge in [-0.1, -0.05) is 30.3 Å². The molecule has 0 saturated heterocycles. The van der Waals surface area contributed by atoms with Crippen LogP contribution in [0.2, 0.25) is 0 Å². The Bertz CT molecular complexity index is 1120. The molecular formula is C26H31N7. The number of nitrogen functional groups attached to an aromatic ring is 1. The highest BCUT2D eigenvalue weighted by atomic mass is 14.9. The first-order valence-corrected chi connectivity index (χ1v) is 11.4. The van der Waals surface area contributed by atoms with Crippen LogP contribution in [0.25, 0.3) is 11.3 Å². The van der Waals surface area contributed by atoms with E-state index in [-0.39, 0.29) is 11.4 Å². The lowest BCUT2D eigenvalue weighted by Crippen LogP contribution is -2.37. The van der Waals surface area contributed by atoms with Crippen molar-refractivity contribution >= 4 is 17.1 Å². The Morgan fingerprint density at radius 3 is 2.55 bits per heavy atom. The summed E-state index contributed by atoms with van der Waals surface area (Å²) in [5.41, 5.74) is 17.2. The maximum absolute atomic E-state index is 8.61. The lowest BCUT2D eigenvalue weighted by molar-refractivity contribution is 0.342. The van der Waals surface area contributed by atoms with Gasteiger partial charge >= 0.3 is 0 Å². The van der Waals surface area contributed by atoms with Crippen LogP contribution in [0.3, 0.4) is 0 Å². The van der Waals surface area contributed by atoms with E-state index in [9.17, 15) is 0 Å². The summed E-state index contributed by atoms with van der Waals surface area (Å²) in [6.45, 7) is 0.797. The van der Waals surface area contributed by atoms with Crippen molar-refractivity contribution in [3.05, 3.63) is 77.7 Å². The van der Waals surface area contributed by atoms with E-state index in [4.69, 9.17) is 22.3 Å². The van der Waals surface area contributed by atoms with Gasteiger partial charge in [0.15, 0.2) is 0 Å². The summed E-state index contributed by atoms with van der Waals surface area (Å²) in [5, 5.41) is 20.8. The Hall–Kier alpha value is -3.42. The smallest absolute Gasteiger partial charge is 0.0885 e. The summed E-state index contributed by atoms with van der Waals surface area (Å²) in [4.78, 5) is 8.42. The number of rotatable bonds is 8. The van der Waals surface area contributed by atoms with Gasteiger partial charge in [0.2, 0.25) is 0 Å². The molecular weight excluding hydrogens is 410 g/mol. The van der Waals surface area contributed by atoms with Crippen LogP contribution in [0.1, 0.15) is 42.4 Å². The van der Waals surface area contributed by atoms with Gasteiger partial charge in [-0.2, -0.15) is 0 Å². The number of benzene rings is 2. The van der Waals surface area contributed by atoms with Gasteiger partial charge < -0.3 is 22.2 Å². The molecule has 7 N–H and O–H groups in total. The number of nitrogens with one attached hydrogen (secondary N) is 3. The van der Waals surface area contributed by atoms with Crippen LogP contribution in [-0.4, -0.2) is 33.5 Å². The van der Waals surface area contributed by atoms with Crippen LogP contribution >= 0.6 is 0 Å². The van der Waals surface area contributed by atoms with E-state index >= 15 is 0 Å². The zero-order chi connectivity index (χ0) is 23.2. The van der Waals surface area contributed by atoms with Crippen molar-refractivity contribution in [2.75, 3.05) is 5.73 Å². The third-order valence-electron chi connectivity index (χ3n) is 6.22. The molecule has 7 nitrogen and oxygen atoms in total. The fourth-order valence-corrected chi connectivity index (χ4v) is 4.27. The molecule has 1 fully saturated rings. The average molecular weight is 442 g/mol. The molecule has 0 radical (unpaired) electrons. The predicted molar refractivity (Wildman–Crippen MR) is 134 cm³/mol. The second kappa shape index (κ2) is 10.5. The quantitative estimate of drug-likeness (QED) is 0.268. The van der Waals surface area contributed by atoms with Crippen molar-refractivity contribution in [3.8, 4) is 11.3 Å². The van der Waals surface area contributed by atoms with Crippen molar-refractivity contribution < 1.29 is 0 Å². The van der Waals surface area contributed by atoms with Crippen LogP contribution in [0, 0.1) is 10.8 Å². The summed E-state index contributed by atoms with van der Waals surface area (Å²) in [6.07, 6.45) is 9.70. The van der Waals surface area contributed by atoms with E-state index in [1.54, 1.807) is 24.7 Å². The minimum atomic E-state index is 0.125. The van der Waals surface area contributed by atoms with Crippen LogP contribution in [0.4, 0.5) is 5.69 Å². The Morgan fingerprint density at radius 1 is 1.00 bits per heavy atom. The predicted octanol–water partition coefficient (Wildman–Crippen LogP) is 3.72. The van der Waals surface area contributed by atoms with E-state index in [0.717, 1.165) is 43.4 Å². The number of nitrogens with zero attached hydrogens (tertiary/aromatic N) is 2.